The summed E-state index contributed by atoms with van der Waals surface area (Å²) in [5.41, 5.74) is 9.09. The summed E-state index contributed by atoms with van der Waals surface area (Å²) in [5, 5.41) is 0. The summed E-state index contributed by atoms with van der Waals surface area (Å²) in [5.74, 6) is 0. The summed E-state index contributed by atoms with van der Waals surface area (Å²) in [6.45, 7) is 4.55. The standard InChI is InChI=1S/C12H20N2OS/c1-10-11(16-9-14-10)2-7-15-8-12(3-4-12)5-6-13/h9H,2-8,13H2,1H3. The molecule has 3 nitrogen and oxygen atoms in total. The number of nitrogens with two attached hydrogens (primary N) is 1. The summed E-state index contributed by atoms with van der Waals surface area (Å²) in [7, 11) is 0. The molecule has 1 aromatic heterocycles. The molecule has 0 amide bonds. The van der Waals surface area contributed by atoms with Crippen molar-refractivity contribution < 1.29 is 4.74 Å². The molecule has 4 heteroatoms. The third-order valence-electron chi connectivity index (χ3n) is 3.36. The molecule has 0 saturated heterocycles. The van der Waals surface area contributed by atoms with Crippen LogP contribution < -0.4 is 5.73 Å². The van der Waals surface area contributed by atoms with E-state index in [1.54, 1.807) is 11.3 Å². The number of hydrogen-bond donors (Lipinski definition) is 1. The Morgan fingerprint density at radius 3 is 2.94 bits per heavy atom. The van der Waals surface area contributed by atoms with Gasteiger partial charge in [-0.15, -0.1) is 11.3 Å². The number of aromatic nitrogens is 1. The summed E-state index contributed by atoms with van der Waals surface area (Å²) in [6.07, 6.45) is 4.70. The molecular weight excluding hydrogens is 220 g/mol. The molecule has 0 spiro atoms. The van der Waals surface area contributed by atoms with Crippen LogP contribution in [0.4, 0.5) is 0 Å². The number of nitrogens with zero attached hydrogens (tertiary/aromatic N) is 1. The van der Waals surface area contributed by atoms with Crippen LogP contribution in [-0.2, 0) is 11.2 Å². The monoisotopic (exact) mass is 240 g/mol. The second-order valence-corrected chi connectivity index (χ2v) is 5.64. The van der Waals surface area contributed by atoms with Gasteiger partial charge in [0.1, 0.15) is 0 Å². The van der Waals surface area contributed by atoms with Crippen LogP contribution in [0, 0.1) is 12.3 Å². The van der Waals surface area contributed by atoms with Crippen molar-refractivity contribution in [2.24, 2.45) is 11.1 Å². The number of aryl methyl sites for hydroxylation is 1. The molecule has 0 radical (unpaired) electrons. The molecule has 1 aliphatic rings. The Labute approximate surface area is 101 Å². The van der Waals surface area contributed by atoms with Gasteiger partial charge in [-0.05, 0) is 38.1 Å². The molecule has 0 atom stereocenters. The van der Waals surface area contributed by atoms with Gasteiger partial charge in [-0.2, -0.15) is 0 Å². The summed E-state index contributed by atoms with van der Waals surface area (Å²) < 4.78 is 5.77. The first-order valence-electron chi connectivity index (χ1n) is 5.92. The van der Waals surface area contributed by atoms with Crippen LogP contribution in [0.3, 0.4) is 0 Å². The van der Waals surface area contributed by atoms with Gasteiger partial charge in [-0.25, -0.2) is 4.98 Å². The summed E-state index contributed by atoms with van der Waals surface area (Å²) in [4.78, 5) is 5.58. The molecule has 1 fully saturated rings. The Kier molecular flexibility index (Phi) is 3.95. The maximum Gasteiger partial charge on any atom is 0.0797 e. The molecule has 2 rings (SSSR count). The van der Waals surface area contributed by atoms with Gasteiger partial charge in [0, 0.05) is 11.3 Å². The van der Waals surface area contributed by atoms with E-state index in [1.165, 1.54) is 17.7 Å². The van der Waals surface area contributed by atoms with E-state index in [1.807, 2.05) is 5.51 Å². The second-order valence-electron chi connectivity index (χ2n) is 4.70. The van der Waals surface area contributed by atoms with Crippen molar-refractivity contribution in [2.45, 2.75) is 32.6 Å². The van der Waals surface area contributed by atoms with E-state index in [0.717, 1.165) is 38.3 Å². The minimum absolute atomic E-state index is 0.442. The molecule has 1 aromatic rings. The number of thiazole rings is 1. The molecule has 90 valence electrons. The zero-order valence-corrected chi connectivity index (χ0v) is 10.7. The van der Waals surface area contributed by atoms with Crippen LogP contribution in [0.2, 0.25) is 0 Å². The van der Waals surface area contributed by atoms with E-state index >= 15 is 0 Å². The zero-order chi connectivity index (χ0) is 11.4. The molecule has 0 bridgehead atoms. The lowest BCUT2D eigenvalue weighted by atomic mass is 10.0. The maximum atomic E-state index is 5.77. The zero-order valence-electron chi connectivity index (χ0n) is 9.87. The molecule has 1 heterocycles. The van der Waals surface area contributed by atoms with Gasteiger partial charge in [0.2, 0.25) is 0 Å². The van der Waals surface area contributed by atoms with Crippen molar-refractivity contribution in [2.75, 3.05) is 19.8 Å². The Morgan fingerprint density at radius 2 is 2.38 bits per heavy atom. The highest BCUT2D eigenvalue weighted by atomic mass is 32.1. The van der Waals surface area contributed by atoms with Gasteiger partial charge < -0.3 is 10.5 Å². The topological polar surface area (TPSA) is 48.1 Å². The fourth-order valence-electron chi connectivity index (χ4n) is 1.97. The average molecular weight is 240 g/mol. The highest BCUT2D eigenvalue weighted by molar-refractivity contribution is 7.09. The molecular formula is C12H20N2OS. The highest BCUT2D eigenvalue weighted by Gasteiger charge is 2.41. The lowest BCUT2D eigenvalue weighted by Crippen LogP contribution is -2.16. The Hall–Kier alpha value is -0.450. The normalized spacial score (nSPS) is 17.6. The first-order valence-corrected chi connectivity index (χ1v) is 6.80. The fourth-order valence-corrected chi connectivity index (χ4v) is 2.73. The van der Waals surface area contributed by atoms with Crippen LogP contribution in [0.15, 0.2) is 5.51 Å². The molecule has 1 aliphatic carbocycles. The first-order chi connectivity index (χ1) is 7.76. The minimum atomic E-state index is 0.442. The van der Waals surface area contributed by atoms with E-state index in [4.69, 9.17) is 10.5 Å². The third-order valence-corrected chi connectivity index (χ3v) is 4.35. The van der Waals surface area contributed by atoms with Crippen molar-refractivity contribution in [3.8, 4) is 0 Å². The highest BCUT2D eigenvalue weighted by Crippen LogP contribution is 2.48. The van der Waals surface area contributed by atoms with Crippen molar-refractivity contribution in [3.63, 3.8) is 0 Å². The van der Waals surface area contributed by atoms with Crippen LogP contribution in [0.1, 0.15) is 29.8 Å². The van der Waals surface area contributed by atoms with Crippen LogP contribution in [-0.4, -0.2) is 24.7 Å². The Morgan fingerprint density at radius 1 is 1.56 bits per heavy atom. The van der Waals surface area contributed by atoms with Gasteiger partial charge in [0.25, 0.3) is 0 Å². The van der Waals surface area contributed by atoms with Gasteiger partial charge in [-0.1, -0.05) is 0 Å². The van der Waals surface area contributed by atoms with Crippen LogP contribution in [0.25, 0.3) is 0 Å². The third kappa shape index (κ3) is 3.03. The molecule has 1 saturated carbocycles. The number of rotatable bonds is 7. The lowest BCUT2D eigenvalue weighted by molar-refractivity contribution is 0.0902. The predicted molar refractivity (Wildman–Crippen MR) is 66.7 cm³/mol. The van der Waals surface area contributed by atoms with Crippen LogP contribution >= 0.6 is 11.3 Å². The van der Waals surface area contributed by atoms with Crippen molar-refractivity contribution >= 4 is 11.3 Å². The first kappa shape index (κ1) is 12.0. The molecule has 0 unspecified atom stereocenters. The number of hydrogen-bond acceptors (Lipinski definition) is 4. The average Bonchev–Trinajstić information content (AvgIpc) is 2.91. The fraction of sp³-hybridized carbons (Fsp3) is 0.750. The molecule has 0 aliphatic heterocycles. The van der Waals surface area contributed by atoms with Gasteiger partial charge >= 0.3 is 0 Å². The van der Waals surface area contributed by atoms with Gasteiger partial charge in [0.15, 0.2) is 0 Å². The van der Waals surface area contributed by atoms with E-state index in [9.17, 15) is 0 Å². The quantitative estimate of drug-likeness (QED) is 0.743. The smallest absolute Gasteiger partial charge is 0.0797 e. The Bertz CT molecular complexity index is 334. The van der Waals surface area contributed by atoms with Gasteiger partial charge in [0.05, 0.1) is 24.4 Å². The largest absolute Gasteiger partial charge is 0.380 e. The Balaban J connectivity index is 1.64. The summed E-state index contributed by atoms with van der Waals surface area (Å²) in [6, 6.07) is 0. The number of ether oxygens (including phenoxy) is 1. The second kappa shape index (κ2) is 5.25. The minimum Gasteiger partial charge on any atom is -0.380 e. The lowest BCUT2D eigenvalue weighted by Gasteiger charge is -2.13. The van der Waals surface area contributed by atoms with Gasteiger partial charge in [-0.3, -0.25) is 0 Å². The summed E-state index contributed by atoms with van der Waals surface area (Å²) >= 11 is 1.72. The maximum absolute atomic E-state index is 5.77. The van der Waals surface area contributed by atoms with Crippen LogP contribution in [0.5, 0.6) is 0 Å². The molecule has 2 N–H and O–H groups in total. The molecule has 16 heavy (non-hydrogen) atoms. The van der Waals surface area contributed by atoms with E-state index in [0.29, 0.717) is 5.41 Å². The SMILES string of the molecule is Cc1ncsc1CCOCC1(CCN)CC1. The predicted octanol–water partition coefficient (Wildman–Crippen LogP) is 2.14. The molecule has 0 aromatic carbocycles. The van der Waals surface area contributed by atoms with E-state index in [2.05, 4.69) is 11.9 Å². The van der Waals surface area contributed by atoms with Crippen molar-refractivity contribution in [3.05, 3.63) is 16.1 Å². The van der Waals surface area contributed by atoms with E-state index < -0.39 is 0 Å². The van der Waals surface area contributed by atoms with Crippen molar-refractivity contribution in [1.82, 2.24) is 4.98 Å². The van der Waals surface area contributed by atoms with E-state index in [-0.39, 0.29) is 0 Å². The van der Waals surface area contributed by atoms with Crippen molar-refractivity contribution in [1.29, 1.82) is 0 Å².